The summed E-state index contributed by atoms with van der Waals surface area (Å²) in [5.74, 6) is -2.04. The van der Waals surface area contributed by atoms with Crippen LogP contribution < -0.4 is 0 Å². The number of carboxylic acid groups (broad SMARTS) is 1. The van der Waals surface area contributed by atoms with Gasteiger partial charge >= 0.3 is 5.97 Å². The molecule has 1 amide bonds. The first kappa shape index (κ1) is 20.0. The molecule has 11 heteroatoms. The number of aromatic nitrogens is 2. The summed E-state index contributed by atoms with van der Waals surface area (Å²) < 4.78 is 25.8. The minimum Gasteiger partial charge on any atom is -0.477 e. The molecule has 2 aromatic rings. The third kappa shape index (κ3) is 2.67. The monoisotopic (exact) mass is 439 g/mol. The Morgan fingerprint density at radius 1 is 1.41 bits per heavy atom. The number of hydrogen-bond donors (Lipinski definition) is 2. The molecule has 0 spiro atoms. The standard InChI is InChI=1S/C18H21N3O6S2/c1-5-9-12(14(18(24)25)21-13(9)11(7(2)22)16(21)23)10-6-20-8(3)19-15(17(20)28-10)29(4,26)27/h6-7,9,11,13,22H,5H2,1-4H3,(H,24,25)/t7-,9+,11-,13-/m1/s1. The average molecular weight is 440 g/mol. The number of β-lactam (4-membered cyclic amide) rings is 1. The van der Waals surface area contributed by atoms with Crippen molar-refractivity contribution in [3.8, 4) is 0 Å². The van der Waals surface area contributed by atoms with Gasteiger partial charge in [-0.2, -0.15) is 0 Å². The zero-order valence-corrected chi connectivity index (χ0v) is 17.9. The van der Waals surface area contributed by atoms with E-state index in [1.165, 1.54) is 11.8 Å². The van der Waals surface area contributed by atoms with Gasteiger partial charge in [0.05, 0.1) is 22.9 Å². The third-order valence-corrected chi connectivity index (χ3v) is 7.96. The maximum atomic E-state index is 12.6. The molecule has 0 aliphatic carbocycles. The van der Waals surface area contributed by atoms with Crippen LogP contribution in [0.3, 0.4) is 0 Å². The lowest BCUT2D eigenvalue weighted by molar-refractivity contribution is -0.163. The Morgan fingerprint density at radius 2 is 2.07 bits per heavy atom. The summed E-state index contributed by atoms with van der Waals surface area (Å²) in [5, 5.41) is 19.9. The molecule has 1 fully saturated rings. The smallest absolute Gasteiger partial charge is 0.352 e. The van der Waals surface area contributed by atoms with Crippen molar-refractivity contribution < 1.29 is 28.2 Å². The predicted octanol–water partition coefficient (Wildman–Crippen LogP) is 1.15. The molecule has 2 N–H and O–H groups in total. The number of imidazole rings is 1. The average Bonchev–Trinajstić information content (AvgIpc) is 3.23. The van der Waals surface area contributed by atoms with Gasteiger partial charge in [0.2, 0.25) is 5.91 Å². The molecule has 9 nitrogen and oxygen atoms in total. The first-order chi connectivity index (χ1) is 13.5. The van der Waals surface area contributed by atoms with Crippen LogP contribution in [0.4, 0.5) is 0 Å². The third-order valence-electron chi connectivity index (χ3n) is 5.71. The Hall–Kier alpha value is -2.24. The summed E-state index contributed by atoms with van der Waals surface area (Å²) >= 11 is 1.15. The Bertz CT molecular complexity index is 1190. The van der Waals surface area contributed by atoms with Crippen molar-refractivity contribution in [3.63, 3.8) is 0 Å². The van der Waals surface area contributed by atoms with Gasteiger partial charge in [-0.3, -0.25) is 9.20 Å². The first-order valence-corrected chi connectivity index (χ1v) is 11.9. The number of sulfone groups is 1. The van der Waals surface area contributed by atoms with E-state index in [1.807, 2.05) is 6.92 Å². The fourth-order valence-corrected chi connectivity index (χ4v) is 6.94. The van der Waals surface area contributed by atoms with Crippen molar-refractivity contribution in [2.75, 3.05) is 6.26 Å². The molecular weight excluding hydrogens is 418 g/mol. The number of rotatable bonds is 5. The lowest BCUT2D eigenvalue weighted by Crippen LogP contribution is -2.63. The molecule has 0 bridgehead atoms. The second-order valence-corrected chi connectivity index (χ2v) is 10.5. The van der Waals surface area contributed by atoms with E-state index >= 15 is 0 Å². The van der Waals surface area contributed by atoms with E-state index in [0.717, 1.165) is 17.6 Å². The number of nitrogens with zero attached hydrogens (tertiary/aromatic N) is 3. The van der Waals surface area contributed by atoms with Gasteiger partial charge in [-0.25, -0.2) is 18.2 Å². The van der Waals surface area contributed by atoms with Crippen LogP contribution in [0.15, 0.2) is 16.9 Å². The minimum atomic E-state index is -3.56. The van der Waals surface area contributed by atoms with Gasteiger partial charge in [-0.1, -0.05) is 6.92 Å². The van der Waals surface area contributed by atoms with E-state index in [-0.39, 0.29) is 16.6 Å². The van der Waals surface area contributed by atoms with Gasteiger partial charge in [0.1, 0.15) is 16.4 Å². The lowest BCUT2D eigenvalue weighted by Gasteiger charge is -2.46. The van der Waals surface area contributed by atoms with E-state index < -0.39 is 39.8 Å². The highest BCUT2D eigenvalue weighted by molar-refractivity contribution is 7.91. The molecule has 4 rings (SSSR count). The van der Waals surface area contributed by atoms with Crippen molar-refractivity contribution in [2.45, 2.75) is 44.4 Å². The summed E-state index contributed by atoms with van der Waals surface area (Å²) in [7, 11) is -3.56. The number of aliphatic hydroxyl groups excluding tert-OH is 1. The number of carbonyl (C=O) groups excluding carboxylic acids is 1. The fraction of sp³-hybridized carbons (Fsp3) is 0.500. The second-order valence-electron chi connectivity index (χ2n) is 7.55. The molecule has 0 saturated carbocycles. The molecule has 2 aliphatic rings. The van der Waals surface area contributed by atoms with E-state index in [2.05, 4.69) is 4.98 Å². The van der Waals surface area contributed by atoms with E-state index in [0.29, 0.717) is 27.5 Å². The molecule has 29 heavy (non-hydrogen) atoms. The van der Waals surface area contributed by atoms with Crippen LogP contribution in [0, 0.1) is 18.8 Å². The molecule has 1 saturated heterocycles. The fourth-order valence-electron chi connectivity index (χ4n) is 4.51. The Kier molecular flexibility index (Phi) is 4.41. The number of hydrogen-bond acceptors (Lipinski definition) is 7. The summed E-state index contributed by atoms with van der Waals surface area (Å²) in [6.07, 6.45) is 2.46. The number of fused-ring (bicyclic) bond motifs is 2. The molecule has 4 atom stereocenters. The highest BCUT2D eigenvalue weighted by Crippen LogP contribution is 2.53. The van der Waals surface area contributed by atoms with Crippen molar-refractivity contribution in [1.29, 1.82) is 0 Å². The quantitative estimate of drug-likeness (QED) is 0.669. The zero-order chi connectivity index (χ0) is 21.4. The summed E-state index contributed by atoms with van der Waals surface area (Å²) in [4.78, 5) is 31.1. The summed E-state index contributed by atoms with van der Waals surface area (Å²) in [6.45, 7) is 5.12. The minimum absolute atomic E-state index is 0.0454. The number of thiazole rings is 1. The molecule has 2 aromatic heterocycles. The van der Waals surface area contributed by atoms with Crippen molar-refractivity contribution in [2.24, 2.45) is 11.8 Å². The normalized spacial score (nSPS) is 25.5. The van der Waals surface area contributed by atoms with E-state index in [4.69, 9.17) is 0 Å². The molecule has 2 aliphatic heterocycles. The Balaban J connectivity index is 1.94. The Morgan fingerprint density at radius 3 is 2.59 bits per heavy atom. The van der Waals surface area contributed by atoms with E-state index in [1.54, 1.807) is 17.5 Å². The number of carboxylic acids is 1. The molecule has 4 heterocycles. The van der Waals surface area contributed by atoms with Gasteiger partial charge in [-0.15, -0.1) is 11.3 Å². The largest absolute Gasteiger partial charge is 0.477 e. The summed E-state index contributed by atoms with van der Waals surface area (Å²) in [5.41, 5.74) is 0.425. The Labute approximate surface area is 171 Å². The van der Waals surface area contributed by atoms with Crippen LogP contribution in [0.5, 0.6) is 0 Å². The first-order valence-electron chi connectivity index (χ1n) is 9.16. The zero-order valence-electron chi connectivity index (χ0n) is 16.3. The number of aliphatic hydroxyl groups is 1. The highest BCUT2D eigenvalue weighted by atomic mass is 32.2. The summed E-state index contributed by atoms with van der Waals surface area (Å²) in [6, 6.07) is -0.413. The SMILES string of the molecule is CC[C@H]1C(c2cn3c(C)nc(S(C)(=O)=O)c3s2)=C(C(=O)O)N2C(=O)[C@H]([C@@H](C)O)[C@@H]12. The van der Waals surface area contributed by atoms with Crippen molar-refractivity contribution in [3.05, 3.63) is 22.6 Å². The van der Waals surface area contributed by atoms with Crippen LogP contribution >= 0.6 is 11.3 Å². The number of carbonyl (C=O) groups is 2. The number of aliphatic carboxylic acids is 1. The maximum absolute atomic E-state index is 12.6. The van der Waals surface area contributed by atoms with Gasteiger partial charge in [0, 0.05) is 23.9 Å². The van der Waals surface area contributed by atoms with Crippen LogP contribution in [0.1, 0.15) is 31.0 Å². The molecule has 156 valence electrons. The van der Waals surface area contributed by atoms with Crippen molar-refractivity contribution >= 4 is 43.5 Å². The predicted molar refractivity (Wildman–Crippen MR) is 105 cm³/mol. The van der Waals surface area contributed by atoms with Gasteiger partial charge in [0.25, 0.3) is 0 Å². The van der Waals surface area contributed by atoms with Crippen LogP contribution in [0.2, 0.25) is 0 Å². The molecule has 0 unspecified atom stereocenters. The van der Waals surface area contributed by atoms with Gasteiger partial charge in [0.15, 0.2) is 14.9 Å². The number of amides is 1. The maximum Gasteiger partial charge on any atom is 0.352 e. The topological polar surface area (TPSA) is 129 Å². The van der Waals surface area contributed by atoms with Crippen LogP contribution in [0.25, 0.3) is 10.4 Å². The van der Waals surface area contributed by atoms with Crippen LogP contribution in [-0.4, -0.2) is 63.2 Å². The molecule has 0 aromatic carbocycles. The highest BCUT2D eigenvalue weighted by Gasteiger charge is 2.60. The molecule has 0 radical (unpaired) electrons. The number of aryl methyl sites for hydroxylation is 1. The molecular formula is C18H21N3O6S2. The van der Waals surface area contributed by atoms with Gasteiger partial charge < -0.3 is 15.1 Å². The van der Waals surface area contributed by atoms with E-state index in [9.17, 15) is 28.2 Å². The lowest BCUT2D eigenvalue weighted by atomic mass is 9.76. The van der Waals surface area contributed by atoms with Crippen molar-refractivity contribution in [1.82, 2.24) is 14.3 Å². The van der Waals surface area contributed by atoms with Crippen LogP contribution in [-0.2, 0) is 19.4 Å². The van der Waals surface area contributed by atoms with Gasteiger partial charge in [-0.05, 0) is 20.3 Å². The second kappa shape index (κ2) is 6.38.